The number of furan rings is 1. The molecule has 0 atom stereocenters. The Morgan fingerprint density at radius 3 is 2.82 bits per heavy atom. The van der Waals surface area contributed by atoms with Gasteiger partial charge in [-0.1, -0.05) is 30.3 Å². The zero-order valence-electron chi connectivity index (χ0n) is 15.8. The van der Waals surface area contributed by atoms with Crippen molar-refractivity contribution >= 4 is 33.5 Å². The Labute approximate surface area is 161 Å². The molecule has 4 aromatic rings. The van der Waals surface area contributed by atoms with E-state index in [-0.39, 0.29) is 5.91 Å². The second kappa shape index (κ2) is 7.72. The number of rotatable bonds is 7. The summed E-state index contributed by atoms with van der Waals surface area (Å²) in [5.41, 5.74) is 2.09. The first-order valence-corrected chi connectivity index (χ1v) is 9.28. The molecule has 4 rings (SSSR count). The van der Waals surface area contributed by atoms with Crippen LogP contribution in [0.3, 0.4) is 0 Å². The van der Waals surface area contributed by atoms with Gasteiger partial charge in [-0.2, -0.15) is 4.98 Å². The Kier molecular flexibility index (Phi) is 4.97. The summed E-state index contributed by atoms with van der Waals surface area (Å²) in [4.78, 5) is 16.6. The van der Waals surface area contributed by atoms with Crippen LogP contribution in [0, 0.1) is 0 Å². The lowest BCUT2D eigenvalue weighted by atomic mass is 10.1. The average Bonchev–Trinajstić information content (AvgIpc) is 3.31. The summed E-state index contributed by atoms with van der Waals surface area (Å²) in [6.45, 7) is 1.97. The number of hydrogen-bond acceptors (Lipinski definition) is 6. The number of aromatic nitrogens is 2. The van der Waals surface area contributed by atoms with Gasteiger partial charge >= 0.3 is 0 Å². The molecule has 7 nitrogen and oxygen atoms in total. The molecule has 0 spiro atoms. The second-order valence-corrected chi connectivity index (χ2v) is 6.51. The number of nitrogens with zero attached hydrogens (tertiary/aromatic N) is 2. The lowest BCUT2D eigenvalue weighted by Crippen LogP contribution is -2.12. The number of nitrogens with one attached hydrogen (secondary N) is 1. The van der Waals surface area contributed by atoms with Gasteiger partial charge in [0.15, 0.2) is 5.82 Å². The summed E-state index contributed by atoms with van der Waals surface area (Å²) >= 11 is 0. The number of fused-ring (bicyclic) bond motifs is 3. The molecule has 0 unspecified atom stereocenters. The van der Waals surface area contributed by atoms with E-state index in [1.54, 1.807) is 13.2 Å². The fraction of sp³-hybridized carbons (Fsp3) is 0.286. The Balaban J connectivity index is 1.46. The summed E-state index contributed by atoms with van der Waals surface area (Å²) in [5.74, 6) is 1.73. The summed E-state index contributed by atoms with van der Waals surface area (Å²) in [6, 6.07) is 11.5. The average molecular weight is 379 g/mol. The Bertz CT molecular complexity index is 1130. The normalized spacial score (nSPS) is 11.2. The van der Waals surface area contributed by atoms with Crippen molar-refractivity contribution in [1.82, 2.24) is 10.1 Å². The molecule has 0 aliphatic heterocycles. The van der Waals surface area contributed by atoms with Crippen molar-refractivity contribution in [3.05, 3.63) is 48.1 Å². The molecule has 28 heavy (non-hydrogen) atoms. The van der Waals surface area contributed by atoms with E-state index in [1.807, 2.05) is 37.3 Å². The summed E-state index contributed by atoms with van der Waals surface area (Å²) in [5, 5.41) is 8.73. The minimum atomic E-state index is -0.107. The molecule has 0 fully saturated rings. The van der Waals surface area contributed by atoms with E-state index in [0.29, 0.717) is 48.0 Å². The third-order valence-electron chi connectivity index (χ3n) is 4.59. The van der Waals surface area contributed by atoms with Crippen molar-refractivity contribution in [2.75, 3.05) is 12.4 Å². The molecule has 0 saturated heterocycles. The van der Waals surface area contributed by atoms with Crippen LogP contribution in [0.5, 0.6) is 5.75 Å². The number of carbonyl (C=O) groups is 1. The van der Waals surface area contributed by atoms with Crippen molar-refractivity contribution < 1.29 is 18.5 Å². The van der Waals surface area contributed by atoms with E-state index in [1.165, 1.54) is 0 Å². The van der Waals surface area contributed by atoms with Crippen LogP contribution in [0.25, 0.3) is 21.9 Å². The maximum absolute atomic E-state index is 12.4. The molecule has 1 amide bonds. The summed E-state index contributed by atoms with van der Waals surface area (Å²) in [6.07, 6.45) is 2.26. The first-order valence-electron chi connectivity index (χ1n) is 9.28. The monoisotopic (exact) mass is 379 g/mol. The van der Waals surface area contributed by atoms with Gasteiger partial charge in [0.05, 0.1) is 12.8 Å². The van der Waals surface area contributed by atoms with Crippen LogP contribution in [0.1, 0.15) is 31.5 Å². The van der Waals surface area contributed by atoms with Crippen LogP contribution in [-0.4, -0.2) is 23.2 Å². The van der Waals surface area contributed by atoms with Crippen LogP contribution >= 0.6 is 0 Å². The van der Waals surface area contributed by atoms with E-state index in [9.17, 15) is 4.79 Å². The number of aryl methyl sites for hydroxylation is 2. The second-order valence-electron chi connectivity index (χ2n) is 6.51. The van der Waals surface area contributed by atoms with E-state index in [4.69, 9.17) is 13.7 Å². The van der Waals surface area contributed by atoms with Gasteiger partial charge in [-0.05, 0) is 18.6 Å². The van der Waals surface area contributed by atoms with Gasteiger partial charge in [-0.15, -0.1) is 0 Å². The smallest absolute Gasteiger partial charge is 0.226 e. The standard InChI is InChI=1S/C21H21N3O4/c1-3-19-23-21(28-24-19)10-6-9-20(25)22-15-12-17-14(11-18(15)26-2)13-7-4-5-8-16(13)27-17/h4-5,7-8,11-12H,3,6,9-10H2,1-2H3,(H,22,25). The molecule has 0 aliphatic rings. The minimum Gasteiger partial charge on any atom is -0.495 e. The first kappa shape index (κ1) is 18.0. The summed E-state index contributed by atoms with van der Waals surface area (Å²) < 4.78 is 16.5. The minimum absolute atomic E-state index is 0.107. The van der Waals surface area contributed by atoms with Gasteiger partial charge in [0, 0.05) is 36.1 Å². The third kappa shape index (κ3) is 3.55. The molecule has 0 bridgehead atoms. The number of benzene rings is 2. The predicted octanol–water partition coefficient (Wildman–Crippen LogP) is 4.50. The number of amides is 1. The highest BCUT2D eigenvalue weighted by atomic mass is 16.5. The van der Waals surface area contributed by atoms with Crippen molar-refractivity contribution in [1.29, 1.82) is 0 Å². The van der Waals surface area contributed by atoms with Crippen LogP contribution in [0.4, 0.5) is 5.69 Å². The molecule has 144 valence electrons. The lowest BCUT2D eigenvalue weighted by Gasteiger charge is -2.10. The fourth-order valence-corrected chi connectivity index (χ4v) is 3.17. The zero-order chi connectivity index (χ0) is 19.5. The number of hydrogen-bond donors (Lipinski definition) is 1. The maximum atomic E-state index is 12.4. The van der Waals surface area contributed by atoms with Gasteiger partial charge in [0.1, 0.15) is 16.9 Å². The topological polar surface area (TPSA) is 90.4 Å². The molecule has 7 heteroatoms. The fourth-order valence-electron chi connectivity index (χ4n) is 3.17. The van der Waals surface area contributed by atoms with Gasteiger partial charge < -0.3 is 19.0 Å². The Morgan fingerprint density at radius 1 is 1.18 bits per heavy atom. The van der Waals surface area contributed by atoms with Crippen LogP contribution < -0.4 is 10.1 Å². The van der Waals surface area contributed by atoms with Crippen LogP contribution in [0.15, 0.2) is 45.3 Å². The van der Waals surface area contributed by atoms with Gasteiger partial charge in [0.25, 0.3) is 0 Å². The number of para-hydroxylation sites is 1. The molecule has 0 saturated carbocycles. The molecule has 0 radical (unpaired) electrons. The maximum Gasteiger partial charge on any atom is 0.226 e. The predicted molar refractivity (Wildman–Crippen MR) is 106 cm³/mol. The first-order chi connectivity index (χ1) is 13.7. The number of anilines is 1. The van der Waals surface area contributed by atoms with Gasteiger partial charge in [-0.25, -0.2) is 0 Å². The number of methoxy groups -OCH3 is 1. The number of ether oxygens (including phenoxy) is 1. The largest absolute Gasteiger partial charge is 0.495 e. The highest BCUT2D eigenvalue weighted by molar-refractivity contribution is 6.07. The van der Waals surface area contributed by atoms with Crippen LogP contribution in [0.2, 0.25) is 0 Å². The molecule has 2 aromatic heterocycles. The molecular weight excluding hydrogens is 358 g/mol. The molecule has 2 aromatic carbocycles. The Morgan fingerprint density at radius 2 is 2.04 bits per heavy atom. The van der Waals surface area contributed by atoms with E-state index in [0.717, 1.165) is 22.8 Å². The molecule has 1 N–H and O–H groups in total. The van der Waals surface area contributed by atoms with Gasteiger partial charge in [0.2, 0.25) is 11.8 Å². The van der Waals surface area contributed by atoms with E-state index in [2.05, 4.69) is 15.5 Å². The van der Waals surface area contributed by atoms with Crippen LogP contribution in [-0.2, 0) is 17.6 Å². The highest BCUT2D eigenvalue weighted by Gasteiger charge is 2.14. The molecule has 0 aliphatic carbocycles. The van der Waals surface area contributed by atoms with Crippen molar-refractivity contribution in [3.8, 4) is 5.75 Å². The van der Waals surface area contributed by atoms with Crippen molar-refractivity contribution in [2.45, 2.75) is 32.6 Å². The molecular formula is C21H21N3O4. The zero-order valence-corrected chi connectivity index (χ0v) is 15.8. The SMILES string of the molecule is CCc1noc(CCCC(=O)Nc2cc3oc4ccccc4c3cc2OC)n1. The van der Waals surface area contributed by atoms with E-state index >= 15 is 0 Å². The number of carbonyl (C=O) groups excluding carboxylic acids is 1. The third-order valence-corrected chi connectivity index (χ3v) is 4.59. The Hall–Kier alpha value is -3.35. The highest BCUT2D eigenvalue weighted by Crippen LogP contribution is 2.36. The quantitative estimate of drug-likeness (QED) is 0.508. The van der Waals surface area contributed by atoms with Crippen molar-refractivity contribution in [3.63, 3.8) is 0 Å². The van der Waals surface area contributed by atoms with Crippen molar-refractivity contribution in [2.24, 2.45) is 0 Å². The lowest BCUT2D eigenvalue weighted by molar-refractivity contribution is -0.116. The van der Waals surface area contributed by atoms with E-state index < -0.39 is 0 Å². The van der Waals surface area contributed by atoms with Gasteiger partial charge in [-0.3, -0.25) is 4.79 Å². The molecule has 2 heterocycles. The summed E-state index contributed by atoms with van der Waals surface area (Å²) in [7, 11) is 1.58.